The number of piperazine rings is 1. The minimum atomic E-state index is 0.856. The van der Waals surface area contributed by atoms with Gasteiger partial charge in [0.1, 0.15) is 11.6 Å². The molecule has 0 N–H and O–H groups in total. The molecule has 6 nitrogen and oxygen atoms in total. The number of nitrogens with zero attached hydrogens (tertiary/aromatic N) is 6. The topological polar surface area (TPSA) is 49.6 Å². The Kier molecular flexibility index (Phi) is 3.56. The van der Waals surface area contributed by atoms with Crippen LogP contribution in [0.4, 0.5) is 5.82 Å². The predicted octanol–water partition coefficient (Wildman–Crippen LogP) is 1.00. The van der Waals surface area contributed by atoms with Gasteiger partial charge in [0.05, 0.1) is 0 Å². The number of likely N-dealkylation sites (N-methyl/N-ethyl adjacent to an activating group) is 1. The van der Waals surface area contributed by atoms with E-state index >= 15 is 0 Å². The van der Waals surface area contributed by atoms with E-state index < -0.39 is 0 Å². The summed E-state index contributed by atoms with van der Waals surface area (Å²) in [5, 5.41) is 4.52. The molecule has 0 amide bonds. The van der Waals surface area contributed by atoms with Gasteiger partial charge in [-0.1, -0.05) is 13.8 Å². The molecule has 1 fully saturated rings. The number of hydrogen-bond acceptors (Lipinski definition) is 5. The van der Waals surface area contributed by atoms with E-state index in [1.807, 2.05) is 4.52 Å². The number of aromatic nitrogens is 4. The zero-order valence-corrected chi connectivity index (χ0v) is 12.5. The molecule has 0 aliphatic carbocycles. The first-order chi connectivity index (χ1) is 9.71. The minimum Gasteiger partial charge on any atom is -0.354 e. The molecule has 0 bridgehead atoms. The Balaban J connectivity index is 1.99. The predicted molar refractivity (Wildman–Crippen MR) is 79.2 cm³/mol. The lowest BCUT2D eigenvalue weighted by Crippen LogP contribution is -2.45. The standard InChI is InChI=1S/C14H22N6/c1-4-11-15-14-10-13(16-12(5-2)20(14)17-11)19-8-6-18(3)7-9-19/h10H,4-9H2,1-3H3. The fourth-order valence-corrected chi connectivity index (χ4v) is 2.56. The van der Waals surface area contributed by atoms with Crippen LogP contribution in [-0.4, -0.2) is 57.7 Å². The SMILES string of the molecule is CCc1nc2cc(N3CCN(C)CC3)nc(CC)n2n1. The summed E-state index contributed by atoms with van der Waals surface area (Å²) in [6.07, 6.45) is 1.72. The van der Waals surface area contributed by atoms with E-state index in [2.05, 4.69) is 46.8 Å². The Bertz CT molecular complexity index is 597. The minimum absolute atomic E-state index is 0.856. The van der Waals surface area contributed by atoms with Crippen molar-refractivity contribution in [3.8, 4) is 0 Å². The summed E-state index contributed by atoms with van der Waals surface area (Å²) in [5.74, 6) is 2.91. The van der Waals surface area contributed by atoms with Crippen molar-refractivity contribution >= 4 is 11.5 Å². The van der Waals surface area contributed by atoms with Gasteiger partial charge in [0, 0.05) is 45.1 Å². The van der Waals surface area contributed by atoms with Crippen LogP contribution in [0, 0.1) is 0 Å². The van der Waals surface area contributed by atoms with Crippen LogP contribution in [-0.2, 0) is 12.8 Å². The molecule has 3 heterocycles. The molecular weight excluding hydrogens is 252 g/mol. The van der Waals surface area contributed by atoms with Crippen LogP contribution in [0.5, 0.6) is 0 Å². The first-order valence-corrected chi connectivity index (χ1v) is 7.40. The van der Waals surface area contributed by atoms with Crippen LogP contribution in [0.2, 0.25) is 0 Å². The van der Waals surface area contributed by atoms with Crippen molar-refractivity contribution in [3.05, 3.63) is 17.7 Å². The molecule has 1 saturated heterocycles. The summed E-state index contributed by atoms with van der Waals surface area (Å²) in [6.45, 7) is 8.41. The number of fused-ring (bicyclic) bond motifs is 1. The Hall–Kier alpha value is -1.69. The van der Waals surface area contributed by atoms with Crippen molar-refractivity contribution in [2.75, 3.05) is 38.1 Å². The molecule has 2 aromatic heterocycles. The molecule has 2 aromatic rings. The van der Waals surface area contributed by atoms with Crippen molar-refractivity contribution in [2.24, 2.45) is 0 Å². The van der Waals surface area contributed by atoms with Gasteiger partial charge in [0.2, 0.25) is 0 Å². The molecule has 0 atom stereocenters. The highest BCUT2D eigenvalue weighted by molar-refractivity contribution is 5.52. The van der Waals surface area contributed by atoms with Crippen LogP contribution in [0.1, 0.15) is 25.5 Å². The second kappa shape index (κ2) is 5.36. The second-order valence-electron chi connectivity index (χ2n) is 5.33. The normalized spacial score (nSPS) is 17.1. The van der Waals surface area contributed by atoms with E-state index in [4.69, 9.17) is 4.98 Å². The molecule has 0 unspecified atom stereocenters. The van der Waals surface area contributed by atoms with Gasteiger partial charge < -0.3 is 9.80 Å². The van der Waals surface area contributed by atoms with Crippen LogP contribution in [0.15, 0.2) is 6.07 Å². The molecule has 0 spiro atoms. The fraction of sp³-hybridized carbons (Fsp3) is 0.643. The molecule has 0 radical (unpaired) electrons. The fourth-order valence-electron chi connectivity index (χ4n) is 2.56. The summed E-state index contributed by atoms with van der Waals surface area (Å²) in [7, 11) is 2.16. The summed E-state index contributed by atoms with van der Waals surface area (Å²) in [5.41, 5.74) is 0.919. The van der Waals surface area contributed by atoms with Gasteiger partial charge in [-0.15, -0.1) is 5.10 Å². The van der Waals surface area contributed by atoms with Crippen LogP contribution < -0.4 is 4.90 Å². The average Bonchev–Trinajstić information content (AvgIpc) is 2.90. The maximum atomic E-state index is 4.78. The van der Waals surface area contributed by atoms with Crippen LogP contribution >= 0.6 is 0 Å². The largest absolute Gasteiger partial charge is 0.354 e. The molecular formula is C14H22N6. The Morgan fingerprint density at radius 2 is 1.80 bits per heavy atom. The maximum Gasteiger partial charge on any atom is 0.161 e. The molecule has 0 saturated carbocycles. The second-order valence-corrected chi connectivity index (χ2v) is 5.33. The number of rotatable bonds is 3. The highest BCUT2D eigenvalue weighted by Crippen LogP contribution is 2.17. The first kappa shape index (κ1) is 13.3. The van der Waals surface area contributed by atoms with Gasteiger partial charge in [-0.25, -0.2) is 9.97 Å². The third-order valence-electron chi connectivity index (χ3n) is 3.88. The highest BCUT2D eigenvalue weighted by Gasteiger charge is 2.18. The molecule has 3 rings (SSSR count). The van der Waals surface area contributed by atoms with Gasteiger partial charge in [-0.3, -0.25) is 0 Å². The smallest absolute Gasteiger partial charge is 0.161 e. The Morgan fingerprint density at radius 1 is 1.05 bits per heavy atom. The molecule has 0 aromatic carbocycles. The van der Waals surface area contributed by atoms with Gasteiger partial charge in [-0.05, 0) is 7.05 Å². The molecule has 6 heteroatoms. The van der Waals surface area contributed by atoms with E-state index in [0.717, 1.165) is 62.1 Å². The van der Waals surface area contributed by atoms with E-state index in [1.54, 1.807) is 0 Å². The third-order valence-corrected chi connectivity index (χ3v) is 3.88. The molecule has 1 aliphatic rings. The lowest BCUT2D eigenvalue weighted by atomic mass is 10.3. The van der Waals surface area contributed by atoms with Crippen LogP contribution in [0.3, 0.4) is 0 Å². The molecule has 20 heavy (non-hydrogen) atoms. The van der Waals surface area contributed by atoms with Crippen molar-refractivity contribution in [1.82, 2.24) is 24.5 Å². The van der Waals surface area contributed by atoms with Gasteiger partial charge >= 0.3 is 0 Å². The summed E-state index contributed by atoms with van der Waals surface area (Å²) in [6, 6.07) is 2.07. The highest BCUT2D eigenvalue weighted by atomic mass is 15.3. The van der Waals surface area contributed by atoms with E-state index in [-0.39, 0.29) is 0 Å². The molecule has 1 aliphatic heterocycles. The van der Waals surface area contributed by atoms with Gasteiger partial charge in [0.15, 0.2) is 11.5 Å². The van der Waals surface area contributed by atoms with Crippen molar-refractivity contribution in [3.63, 3.8) is 0 Å². The van der Waals surface area contributed by atoms with Crippen molar-refractivity contribution in [1.29, 1.82) is 0 Å². The number of aryl methyl sites for hydroxylation is 2. The van der Waals surface area contributed by atoms with Crippen molar-refractivity contribution in [2.45, 2.75) is 26.7 Å². The third kappa shape index (κ3) is 2.35. The average molecular weight is 274 g/mol. The molecule has 108 valence electrons. The monoisotopic (exact) mass is 274 g/mol. The van der Waals surface area contributed by atoms with E-state index in [9.17, 15) is 0 Å². The maximum absolute atomic E-state index is 4.78. The number of anilines is 1. The lowest BCUT2D eigenvalue weighted by Gasteiger charge is -2.33. The lowest BCUT2D eigenvalue weighted by molar-refractivity contribution is 0.312. The first-order valence-electron chi connectivity index (χ1n) is 7.40. The summed E-state index contributed by atoms with van der Waals surface area (Å²) in [4.78, 5) is 14.1. The summed E-state index contributed by atoms with van der Waals surface area (Å²) >= 11 is 0. The zero-order chi connectivity index (χ0) is 14.1. The van der Waals surface area contributed by atoms with Crippen molar-refractivity contribution < 1.29 is 0 Å². The summed E-state index contributed by atoms with van der Waals surface area (Å²) < 4.78 is 1.89. The Morgan fingerprint density at radius 3 is 2.45 bits per heavy atom. The van der Waals surface area contributed by atoms with Crippen LogP contribution in [0.25, 0.3) is 5.65 Å². The van der Waals surface area contributed by atoms with Gasteiger partial charge in [-0.2, -0.15) is 4.52 Å². The number of hydrogen-bond donors (Lipinski definition) is 0. The quantitative estimate of drug-likeness (QED) is 0.836. The van der Waals surface area contributed by atoms with Gasteiger partial charge in [0.25, 0.3) is 0 Å². The van der Waals surface area contributed by atoms with E-state index in [0.29, 0.717) is 0 Å². The van der Waals surface area contributed by atoms with E-state index in [1.165, 1.54) is 0 Å². The zero-order valence-electron chi connectivity index (χ0n) is 12.5. The Labute approximate surface area is 119 Å².